The summed E-state index contributed by atoms with van der Waals surface area (Å²) >= 11 is 0. The highest BCUT2D eigenvalue weighted by Crippen LogP contribution is 2.39. The molecule has 0 bridgehead atoms. The van der Waals surface area contributed by atoms with Gasteiger partial charge in [-0.05, 0) is 147 Å². The topological polar surface area (TPSA) is 102 Å². The molecule has 3 aromatic rings. The van der Waals surface area contributed by atoms with Crippen molar-refractivity contribution in [2.45, 2.75) is 117 Å². The Morgan fingerprint density at radius 1 is 0.714 bits per heavy atom. The Kier molecular flexibility index (Phi) is 18.4. The number of carbonyl (C=O) groups excluding carboxylic acids is 2. The molecule has 0 amide bonds. The maximum Gasteiger partial charge on any atom is 0.333 e. The maximum absolute atomic E-state index is 12.1. The van der Waals surface area contributed by atoms with Crippen LogP contribution in [0.1, 0.15) is 120 Å². The molecule has 1 aliphatic carbocycles. The summed E-state index contributed by atoms with van der Waals surface area (Å²) in [5.41, 5.74) is 10.0. The lowest BCUT2D eigenvalue weighted by Crippen LogP contribution is -2.16. The Morgan fingerprint density at radius 3 is 1.79 bits per heavy atom. The molecular weight excluding hydrogens is 701 g/mol. The van der Waals surface area contributed by atoms with Gasteiger partial charge in [-0.25, -0.2) is 9.59 Å². The molecule has 7 heteroatoms. The predicted octanol–water partition coefficient (Wildman–Crippen LogP) is 10.5. The Bertz CT molecular complexity index is 1670. The quantitative estimate of drug-likeness (QED) is 0.0563. The van der Waals surface area contributed by atoms with Crippen molar-refractivity contribution >= 4 is 11.9 Å². The minimum atomic E-state index is -0.411. The van der Waals surface area contributed by atoms with Crippen LogP contribution in [0.2, 0.25) is 0 Å². The van der Waals surface area contributed by atoms with E-state index in [1.54, 1.807) is 13.8 Å². The molecule has 0 saturated heterocycles. The third-order valence-electron chi connectivity index (χ3n) is 11.2. The van der Waals surface area contributed by atoms with Gasteiger partial charge in [0.1, 0.15) is 5.75 Å². The predicted molar refractivity (Wildman–Crippen MR) is 227 cm³/mol. The fourth-order valence-electron chi connectivity index (χ4n) is 7.71. The molecule has 1 fully saturated rings. The van der Waals surface area contributed by atoms with Gasteiger partial charge < -0.3 is 24.4 Å². The first-order chi connectivity index (χ1) is 27.1. The third-order valence-corrected chi connectivity index (χ3v) is 11.2. The fraction of sp³-hybridized carbons (Fsp3) is 0.510. The van der Waals surface area contributed by atoms with Gasteiger partial charge in [0.15, 0.2) is 0 Å². The molecule has 0 heterocycles. The van der Waals surface area contributed by atoms with Gasteiger partial charge in [0.05, 0.1) is 19.8 Å². The van der Waals surface area contributed by atoms with Crippen molar-refractivity contribution in [3.05, 3.63) is 101 Å². The summed E-state index contributed by atoms with van der Waals surface area (Å²) in [7, 11) is 0. The second-order valence-corrected chi connectivity index (χ2v) is 15.7. The molecule has 0 atom stereocenters. The van der Waals surface area contributed by atoms with Gasteiger partial charge in [0.2, 0.25) is 0 Å². The summed E-state index contributed by atoms with van der Waals surface area (Å²) in [5.74, 6) is 1.21. The molecule has 7 nitrogen and oxygen atoms in total. The zero-order valence-corrected chi connectivity index (χ0v) is 34.5. The van der Waals surface area contributed by atoms with E-state index in [1.807, 2.05) is 0 Å². The smallest absolute Gasteiger partial charge is 0.333 e. The molecule has 0 radical (unpaired) electrons. The first-order valence-electron chi connectivity index (χ1n) is 21.0. The zero-order chi connectivity index (χ0) is 40.5. The van der Waals surface area contributed by atoms with Gasteiger partial charge in [0.25, 0.3) is 0 Å². The molecule has 0 aliphatic heterocycles. The fourth-order valence-corrected chi connectivity index (χ4v) is 7.71. The Labute approximate surface area is 336 Å². The Morgan fingerprint density at radius 2 is 1.27 bits per heavy atom. The van der Waals surface area contributed by atoms with Crippen LogP contribution < -0.4 is 4.74 Å². The number of ether oxygens (including phenoxy) is 3. The number of carbonyl (C=O) groups is 2. The lowest BCUT2D eigenvalue weighted by Gasteiger charge is -2.29. The first-order valence-corrected chi connectivity index (χ1v) is 21.0. The molecule has 1 aliphatic rings. The van der Waals surface area contributed by atoms with Crippen molar-refractivity contribution < 1.29 is 34.0 Å². The second kappa shape index (κ2) is 23.1. The van der Waals surface area contributed by atoms with Crippen molar-refractivity contribution in [1.29, 1.82) is 0 Å². The Hall–Kier alpha value is -4.20. The summed E-state index contributed by atoms with van der Waals surface area (Å²) in [6.07, 6.45) is 13.0. The summed E-state index contributed by atoms with van der Waals surface area (Å²) in [4.78, 5) is 24.2. The largest absolute Gasteiger partial charge is 0.493 e. The molecular formula is C49H66O7. The number of rotatable bonds is 23. The number of unbranched alkanes of at least 4 members (excludes halogenated alkanes) is 1. The molecule has 4 rings (SSSR count). The lowest BCUT2D eigenvalue weighted by atomic mass is 9.77. The van der Waals surface area contributed by atoms with Gasteiger partial charge in [-0.3, -0.25) is 0 Å². The number of aryl methyl sites for hydroxylation is 3. The van der Waals surface area contributed by atoms with Crippen LogP contribution in [-0.4, -0.2) is 55.2 Å². The van der Waals surface area contributed by atoms with E-state index in [9.17, 15) is 19.8 Å². The van der Waals surface area contributed by atoms with Crippen molar-refractivity contribution in [1.82, 2.24) is 0 Å². The number of hydrogen-bond donors (Lipinski definition) is 2. The molecule has 0 spiro atoms. The second-order valence-electron chi connectivity index (χ2n) is 15.7. The van der Waals surface area contributed by atoms with Crippen molar-refractivity contribution in [3.63, 3.8) is 0 Å². The average Bonchev–Trinajstić information content (AvgIpc) is 3.22. The van der Waals surface area contributed by atoms with E-state index in [2.05, 4.69) is 81.6 Å². The van der Waals surface area contributed by atoms with Crippen molar-refractivity contribution in [3.8, 4) is 28.0 Å². The van der Waals surface area contributed by atoms with Crippen LogP contribution in [0.25, 0.3) is 22.3 Å². The van der Waals surface area contributed by atoms with Gasteiger partial charge in [-0.2, -0.15) is 0 Å². The normalized spacial score (nSPS) is 15.4. The monoisotopic (exact) mass is 766 g/mol. The minimum Gasteiger partial charge on any atom is -0.493 e. The highest BCUT2D eigenvalue weighted by molar-refractivity contribution is 5.87. The molecule has 2 N–H and O–H groups in total. The van der Waals surface area contributed by atoms with Crippen LogP contribution in [0.4, 0.5) is 0 Å². The number of hydrogen-bond acceptors (Lipinski definition) is 7. The van der Waals surface area contributed by atoms with E-state index < -0.39 is 11.9 Å². The minimum absolute atomic E-state index is 0.124. The highest BCUT2D eigenvalue weighted by Gasteiger charge is 2.22. The van der Waals surface area contributed by atoms with Gasteiger partial charge >= 0.3 is 11.9 Å². The number of benzene rings is 3. The molecule has 56 heavy (non-hydrogen) atoms. The van der Waals surface area contributed by atoms with E-state index in [4.69, 9.17) is 14.2 Å². The number of aliphatic hydroxyl groups excluding tert-OH is 2. The van der Waals surface area contributed by atoms with Crippen LogP contribution in [0, 0.1) is 11.8 Å². The third kappa shape index (κ3) is 13.2. The SMILES string of the molecule is C=C(C)C(=O)OCCCc1cc(-c2ccc(-c3ccc(C4CCC(CCCC)CC4)cc3)cc2CC)cc(CCCOC(=O)C(=C)C)c1OCCC(CO)CO. The number of esters is 2. The van der Waals surface area contributed by atoms with E-state index in [-0.39, 0.29) is 32.3 Å². The number of aliphatic hydroxyl groups is 2. The Balaban J connectivity index is 1.63. The van der Waals surface area contributed by atoms with E-state index in [0.717, 1.165) is 40.3 Å². The molecule has 0 unspecified atom stereocenters. The van der Waals surface area contributed by atoms with Crippen LogP contribution in [0.5, 0.6) is 5.75 Å². The molecule has 304 valence electrons. The lowest BCUT2D eigenvalue weighted by molar-refractivity contribution is -0.139. The van der Waals surface area contributed by atoms with Crippen molar-refractivity contribution in [2.24, 2.45) is 11.8 Å². The van der Waals surface area contributed by atoms with Gasteiger partial charge in [0, 0.05) is 30.3 Å². The van der Waals surface area contributed by atoms with Crippen molar-refractivity contribution in [2.75, 3.05) is 33.0 Å². The summed E-state index contributed by atoms with van der Waals surface area (Å²) < 4.78 is 17.3. The highest BCUT2D eigenvalue weighted by atomic mass is 16.5. The van der Waals surface area contributed by atoms with Gasteiger partial charge in [-0.1, -0.05) is 88.7 Å². The van der Waals surface area contributed by atoms with Crippen LogP contribution in [0.15, 0.2) is 78.9 Å². The molecule has 0 aromatic heterocycles. The van der Waals surface area contributed by atoms with Crippen LogP contribution in [-0.2, 0) is 38.3 Å². The summed E-state index contributed by atoms with van der Waals surface area (Å²) in [5, 5.41) is 19.4. The molecule has 3 aromatic carbocycles. The summed E-state index contributed by atoms with van der Waals surface area (Å²) in [6.45, 7) is 15.7. The van der Waals surface area contributed by atoms with E-state index >= 15 is 0 Å². The maximum atomic E-state index is 12.1. The van der Waals surface area contributed by atoms with Gasteiger partial charge in [-0.15, -0.1) is 0 Å². The van der Waals surface area contributed by atoms with Crippen LogP contribution >= 0.6 is 0 Å². The summed E-state index contributed by atoms with van der Waals surface area (Å²) in [6, 6.07) is 20.4. The van der Waals surface area contributed by atoms with Crippen LogP contribution in [0.3, 0.4) is 0 Å². The molecule has 1 saturated carbocycles. The zero-order valence-electron chi connectivity index (χ0n) is 34.5. The standard InChI is InChI=1S/C49H66O7/c1-7-9-12-36-15-17-39(18-16-36)40-19-21-41(22-20-40)42-23-24-46(38(8-2)29-42)45-30-43(13-10-26-55-48(52)34(3)4)47(54-28-25-37(32-50)33-51)44(31-45)14-11-27-56-49(53)35(5)6/h19-24,29-31,36-37,39,50-51H,3,5,7-18,25-28,32-33H2,1-2,4,6H3. The van der Waals surface area contributed by atoms with E-state index in [1.165, 1.54) is 67.2 Å². The van der Waals surface area contributed by atoms with E-state index in [0.29, 0.717) is 55.8 Å². The first kappa shape index (κ1) is 44.5. The average molecular weight is 767 g/mol.